The molecule has 7 aromatic rings. The number of hydrogen-bond donors (Lipinski definition) is 1. The van der Waals surface area contributed by atoms with Gasteiger partial charge in [-0.25, -0.2) is 9.97 Å². The summed E-state index contributed by atoms with van der Waals surface area (Å²) in [7, 11) is 0. The highest BCUT2D eigenvalue weighted by atomic mass is 16.4. The van der Waals surface area contributed by atoms with Crippen molar-refractivity contribution in [3.8, 4) is 28.7 Å². The molecule has 0 amide bonds. The lowest BCUT2D eigenvalue weighted by Gasteiger charge is -2.02. The van der Waals surface area contributed by atoms with Crippen LogP contribution in [0.15, 0.2) is 99.8 Å². The van der Waals surface area contributed by atoms with Crippen LogP contribution in [-0.4, -0.2) is 15.1 Å². The summed E-state index contributed by atoms with van der Waals surface area (Å²) in [5.41, 5.74) is 4.10. The van der Waals surface area contributed by atoms with Crippen LogP contribution in [0.1, 0.15) is 0 Å². The molecule has 5 nitrogen and oxygen atoms in total. The largest absolute Gasteiger partial charge is 0.507 e. The maximum atomic E-state index is 10.8. The zero-order chi connectivity index (χ0) is 21.9. The van der Waals surface area contributed by atoms with Crippen LogP contribution in [0.2, 0.25) is 0 Å². The second-order valence-electron chi connectivity index (χ2n) is 8.10. The Morgan fingerprint density at radius 1 is 0.545 bits per heavy atom. The van der Waals surface area contributed by atoms with Crippen molar-refractivity contribution in [2.45, 2.75) is 0 Å². The predicted molar refractivity (Wildman–Crippen MR) is 129 cm³/mol. The van der Waals surface area contributed by atoms with E-state index in [1.165, 1.54) is 0 Å². The highest BCUT2D eigenvalue weighted by molar-refractivity contribution is 5.96. The van der Waals surface area contributed by atoms with Gasteiger partial charge in [-0.15, -0.1) is 0 Å². The Morgan fingerprint density at radius 2 is 1.06 bits per heavy atom. The van der Waals surface area contributed by atoms with Crippen LogP contribution in [-0.2, 0) is 0 Å². The third kappa shape index (κ3) is 2.87. The van der Waals surface area contributed by atoms with Crippen LogP contribution in [0, 0.1) is 0 Å². The predicted octanol–water partition coefficient (Wildman–Crippen LogP) is 7.32. The minimum atomic E-state index is 0.0519. The molecule has 0 saturated carbocycles. The van der Waals surface area contributed by atoms with Crippen molar-refractivity contribution in [2.24, 2.45) is 0 Å². The number of rotatable bonds is 2. The first kappa shape index (κ1) is 18.0. The zero-order valence-corrected chi connectivity index (χ0v) is 17.3. The average molecular weight is 428 g/mol. The molecule has 156 valence electrons. The van der Waals surface area contributed by atoms with Gasteiger partial charge in [0.15, 0.2) is 11.2 Å². The Bertz CT molecular complexity index is 1740. The number of phenolic OH excluding ortho intramolecular Hbond substituents is 1. The molecule has 7 rings (SSSR count). The van der Waals surface area contributed by atoms with E-state index in [1.807, 2.05) is 78.9 Å². The molecule has 2 heterocycles. The Labute approximate surface area is 187 Å². The molecule has 0 saturated heterocycles. The van der Waals surface area contributed by atoms with Crippen molar-refractivity contribution in [2.75, 3.05) is 0 Å². The fraction of sp³-hybridized carbons (Fsp3) is 0. The number of phenols is 1. The third-order valence-electron chi connectivity index (χ3n) is 5.99. The molecule has 5 aromatic carbocycles. The first-order valence-electron chi connectivity index (χ1n) is 10.6. The van der Waals surface area contributed by atoms with Crippen LogP contribution in [0.25, 0.3) is 66.7 Å². The number of hydrogen-bond acceptors (Lipinski definition) is 5. The zero-order valence-electron chi connectivity index (χ0n) is 17.3. The second kappa shape index (κ2) is 6.68. The monoisotopic (exact) mass is 428 g/mol. The summed E-state index contributed by atoms with van der Waals surface area (Å²) in [6.45, 7) is 0. The summed E-state index contributed by atoms with van der Waals surface area (Å²) in [5, 5.41) is 15.1. The molecule has 0 atom stereocenters. The van der Waals surface area contributed by atoms with Gasteiger partial charge in [0.25, 0.3) is 0 Å². The summed E-state index contributed by atoms with van der Waals surface area (Å²) in [6, 6.07) is 29.4. The molecular weight excluding hydrogens is 412 g/mol. The van der Waals surface area contributed by atoms with E-state index in [0.29, 0.717) is 34.1 Å². The molecule has 0 aliphatic rings. The molecule has 0 aliphatic heterocycles. The summed E-state index contributed by atoms with van der Waals surface area (Å²) in [5.74, 6) is 0.871. The highest BCUT2D eigenvalue weighted by Gasteiger charge is 2.16. The van der Waals surface area contributed by atoms with Crippen molar-refractivity contribution < 1.29 is 13.9 Å². The lowest BCUT2D eigenvalue weighted by molar-refractivity contribution is 0.474. The van der Waals surface area contributed by atoms with Gasteiger partial charge in [-0.1, -0.05) is 48.5 Å². The van der Waals surface area contributed by atoms with Crippen molar-refractivity contribution in [3.63, 3.8) is 0 Å². The van der Waals surface area contributed by atoms with E-state index in [4.69, 9.17) is 8.83 Å². The van der Waals surface area contributed by atoms with Gasteiger partial charge in [0.2, 0.25) is 11.8 Å². The standard InChI is InChI=1S/C28H16N2O3/c31-24-13-20(27-29-22-11-16-5-1-3-7-18(16)14-25(22)32-27)9-10-21(24)28-30-23-12-17-6-2-4-8-19(17)15-26(23)33-28/h1-15,31H. The van der Waals surface area contributed by atoms with Crippen molar-refractivity contribution >= 4 is 43.7 Å². The van der Waals surface area contributed by atoms with Crippen LogP contribution < -0.4 is 0 Å². The lowest BCUT2D eigenvalue weighted by atomic mass is 10.1. The van der Waals surface area contributed by atoms with Gasteiger partial charge in [0.1, 0.15) is 16.8 Å². The number of fused-ring (bicyclic) bond motifs is 4. The maximum Gasteiger partial charge on any atom is 0.231 e. The van der Waals surface area contributed by atoms with Crippen molar-refractivity contribution in [3.05, 3.63) is 91.0 Å². The van der Waals surface area contributed by atoms with Crippen LogP contribution in [0.4, 0.5) is 0 Å². The first-order chi connectivity index (χ1) is 16.2. The smallest absolute Gasteiger partial charge is 0.231 e. The molecule has 0 bridgehead atoms. The van der Waals surface area contributed by atoms with Crippen LogP contribution >= 0.6 is 0 Å². The Kier molecular flexibility index (Phi) is 3.64. The third-order valence-corrected chi connectivity index (χ3v) is 5.99. The summed E-state index contributed by atoms with van der Waals surface area (Å²) in [4.78, 5) is 9.22. The molecular formula is C28H16N2O3. The molecule has 33 heavy (non-hydrogen) atoms. The minimum Gasteiger partial charge on any atom is -0.507 e. The second-order valence-corrected chi connectivity index (χ2v) is 8.10. The van der Waals surface area contributed by atoms with E-state index in [-0.39, 0.29) is 5.75 Å². The van der Waals surface area contributed by atoms with Gasteiger partial charge in [-0.2, -0.15) is 0 Å². The number of nitrogens with zero attached hydrogens (tertiary/aromatic N) is 2. The molecule has 0 radical (unpaired) electrons. The summed E-state index contributed by atoms with van der Waals surface area (Å²) in [6.07, 6.45) is 0. The lowest BCUT2D eigenvalue weighted by Crippen LogP contribution is -1.82. The topological polar surface area (TPSA) is 72.3 Å². The molecule has 1 N–H and O–H groups in total. The highest BCUT2D eigenvalue weighted by Crippen LogP contribution is 2.36. The quantitative estimate of drug-likeness (QED) is 0.312. The Morgan fingerprint density at radius 3 is 1.64 bits per heavy atom. The number of oxazole rings is 2. The van der Waals surface area contributed by atoms with E-state index in [1.54, 1.807) is 12.1 Å². The maximum absolute atomic E-state index is 10.8. The van der Waals surface area contributed by atoms with Gasteiger partial charge < -0.3 is 13.9 Å². The van der Waals surface area contributed by atoms with Gasteiger partial charge in [0, 0.05) is 5.56 Å². The fourth-order valence-corrected chi connectivity index (χ4v) is 4.31. The number of aromatic nitrogens is 2. The Hall–Kier alpha value is -4.64. The van der Waals surface area contributed by atoms with E-state index < -0.39 is 0 Å². The first-order valence-corrected chi connectivity index (χ1v) is 10.6. The van der Waals surface area contributed by atoms with Gasteiger partial charge in [-0.05, 0) is 64.0 Å². The van der Waals surface area contributed by atoms with E-state index in [9.17, 15) is 5.11 Å². The Balaban J connectivity index is 1.31. The van der Waals surface area contributed by atoms with Crippen LogP contribution in [0.5, 0.6) is 5.75 Å². The molecule has 0 spiro atoms. The molecule has 2 aromatic heterocycles. The van der Waals surface area contributed by atoms with Crippen molar-refractivity contribution in [1.29, 1.82) is 0 Å². The summed E-state index contributed by atoms with van der Waals surface area (Å²) < 4.78 is 12.0. The van der Waals surface area contributed by atoms with E-state index >= 15 is 0 Å². The summed E-state index contributed by atoms with van der Waals surface area (Å²) >= 11 is 0. The fourth-order valence-electron chi connectivity index (χ4n) is 4.31. The molecule has 0 unspecified atom stereocenters. The number of benzene rings is 5. The average Bonchev–Trinajstić information content (AvgIpc) is 3.44. The molecule has 0 aliphatic carbocycles. The van der Waals surface area contributed by atoms with E-state index in [0.717, 1.165) is 32.6 Å². The SMILES string of the molecule is Oc1cc(-c2nc3cc4ccccc4cc3o2)ccc1-c1nc2cc3ccccc3cc2o1. The van der Waals surface area contributed by atoms with E-state index in [2.05, 4.69) is 9.97 Å². The van der Waals surface area contributed by atoms with Gasteiger partial charge in [-0.3, -0.25) is 0 Å². The van der Waals surface area contributed by atoms with Crippen molar-refractivity contribution in [1.82, 2.24) is 9.97 Å². The van der Waals surface area contributed by atoms with Gasteiger partial charge in [0.05, 0.1) is 5.56 Å². The normalized spacial score (nSPS) is 11.8. The molecule has 0 fully saturated rings. The number of aromatic hydroxyl groups is 1. The minimum absolute atomic E-state index is 0.0519. The van der Waals surface area contributed by atoms with Gasteiger partial charge >= 0.3 is 0 Å². The molecule has 5 heteroatoms. The van der Waals surface area contributed by atoms with Crippen LogP contribution in [0.3, 0.4) is 0 Å².